The molecule has 1 aromatic rings. The van der Waals surface area contributed by atoms with Gasteiger partial charge in [-0.2, -0.15) is 4.99 Å². The van der Waals surface area contributed by atoms with Crippen LogP contribution in [0.25, 0.3) is 0 Å². The predicted molar refractivity (Wildman–Crippen MR) is 81.6 cm³/mol. The van der Waals surface area contributed by atoms with Gasteiger partial charge in [0.05, 0.1) is 18.0 Å². The standard InChI is InChI=1S/C13H18N6O2/c1-2-21-13(20)19-6-5-8-7-9(3-4-10(8)19)17-12(16)18-11(14)15/h3-4,7H,2,5-6H2,1H3,(H6,14,15,16,17,18). The Bertz CT molecular complexity index is 607. The number of carbonyl (C=O) groups is 1. The number of nitrogens with two attached hydrogens (primary N) is 3. The zero-order valence-corrected chi connectivity index (χ0v) is 11.7. The van der Waals surface area contributed by atoms with Crippen LogP contribution >= 0.6 is 0 Å². The maximum absolute atomic E-state index is 11.8. The number of hydrogen-bond acceptors (Lipinski definition) is 3. The summed E-state index contributed by atoms with van der Waals surface area (Å²) >= 11 is 0. The highest BCUT2D eigenvalue weighted by Gasteiger charge is 2.25. The van der Waals surface area contributed by atoms with Gasteiger partial charge in [-0.25, -0.2) is 9.79 Å². The summed E-state index contributed by atoms with van der Waals surface area (Å²) in [6, 6.07) is 5.40. The number of anilines is 1. The molecule has 0 radical (unpaired) electrons. The Balaban J connectivity index is 2.22. The van der Waals surface area contributed by atoms with Gasteiger partial charge >= 0.3 is 6.09 Å². The van der Waals surface area contributed by atoms with Crippen LogP contribution in [0.3, 0.4) is 0 Å². The summed E-state index contributed by atoms with van der Waals surface area (Å²) in [7, 11) is 0. The molecular weight excluding hydrogens is 272 g/mol. The van der Waals surface area contributed by atoms with Crippen molar-refractivity contribution in [3.63, 3.8) is 0 Å². The largest absolute Gasteiger partial charge is 0.449 e. The molecule has 21 heavy (non-hydrogen) atoms. The van der Waals surface area contributed by atoms with Gasteiger partial charge in [-0.1, -0.05) is 0 Å². The van der Waals surface area contributed by atoms with Gasteiger partial charge in [0.25, 0.3) is 0 Å². The number of guanidine groups is 2. The van der Waals surface area contributed by atoms with Crippen LogP contribution < -0.4 is 22.1 Å². The van der Waals surface area contributed by atoms with Crippen molar-refractivity contribution in [1.82, 2.24) is 0 Å². The number of carbonyl (C=O) groups excluding carboxylic acids is 1. The smallest absolute Gasteiger partial charge is 0.414 e. The molecule has 1 heterocycles. The minimum Gasteiger partial charge on any atom is -0.449 e. The van der Waals surface area contributed by atoms with Gasteiger partial charge in [0.1, 0.15) is 0 Å². The second kappa shape index (κ2) is 6.12. The van der Waals surface area contributed by atoms with Crippen molar-refractivity contribution in [1.29, 1.82) is 0 Å². The zero-order valence-electron chi connectivity index (χ0n) is 11.7. The topological polar surface area (TPSA) is 132 Å². The van der Waals surface area contributed by atoms with E-state index in [1.807, 2.05) is 6.07 Å². The van der Waals surface area contributed by atoms with Gasteiger partial charge in [-0.3, -0.25) is 4.90 Å². The van der Waals surface area contributed by atoms with E-state index in [-0.39, 0.29) is 18.0 Å². The lowest BCUT2D eigenvalue weighted by Crippen LogP contribution is -2.29. The molecule has 0 unspecified atom stereocenters. The lowest BCUT2D eigenvalue weighted by atomic mass is 10.1. The first-order valence-corrected chi connectivity index (χ1v) is 6.52. The number of fused-ring (bicyclic) bond motifs is 1. The highest BCUT2D eigenvalue weighted by atomic mass is 16.6. The maximum atomic E-state index is 11.8. The van der Waals surface area contributed by atoms with Gasteiger partial charge in [0.15, 0.2) is 5.96 Å². The van der Waals surface area contributed by atoms with Crippen LogP contribution in [0.4, 0.5) is 16.2 Å². The van der Waals surface area contributed by atoms with Crippen molar-refractivity contribution < 1.29 is 9.53 Å². The summed E-state index contributed by atoms with van der Waals surface area (Å²) in [5.74, 6) is -0.166. The van der Waals surface area contributed by atoms with E-state index >= 15 is 0 Å². The molecule has 1 aliphatic rings. The summed E-state index contributed by atoms with van der Waals surface area (Å²) in [4.78, 5) is 21.1. The van der Waals surface area contributed by atoms with Crippen LogP contribution in [0.5, 0.6) is 0 Å². The summed E-state index contributed by atoms with van der Waals surface area (Å²) < 4.78 is 5.02. The van der Waals surface area contributed by atoms with E-state index in [1.165, 1.54) is 0 Å². The van der Waals surface area contributed by atoms with Crippen LogP contribution in [0.1, 0.15) is 12.5 Å². The molecule has 0 saturated carbocycles. The zero-order chi connectivity index (χ0) is 15.4. The van der Waals surface area contributed by atoms with E-state index in [4.69, 9.17) is 21.9 Å². The third kappa shape index (κ3) is 3.41. The average molecular weight is 290 g/mol. The van der Waals surface area contributed by atoms with Crippen molar-refractivity contribution >= 4 is 29.4 Å². The third-order valence-electron chi connectivity index (χ3n) is 2.93. The Labute approximate surface area is 122 Å². The van der Waals surface area contributed by atoms with Gasteiger partial charge in [-0.05, 0) is 37.1 Å². The quantitative estimate of drug-likeness (QED) is 0.536. The van der Waals surface area contributed by atoms with Gasteiger partial charge in [-0.15, -0.1) is 0 Å². The average Bonchev–Trinajstić information content (AvgIpc) is 2.80. The molecule has 1 amide bonds. The number of amides is 1. The van der Waals surface area contributed by atoms with Gasteiger partial charge < -0.3 is 21.9 Å². The summed E-state index contributed by atoms with van der Waals surface area (Å²) in [5, 5.41) is 0. The molecule has 112 valence electrons. The molecule has 0 aromatic heterocycles. The molecule has 0 aliphatic carbocycles. The van der Waals surface area contributed by atoms with E-state index in [9.17, 15) is 4.79 Å². The van der Waals surface area contributed by atoms with Crippen molar-refractivity contribution in [2.75, 3.05) is 18.1 Å². The SMILES string of the molecule is CCOC(=O)N1CCc2cc(N=C(N)N=C(N)N)ccc21. The molecule has 0 saturated heterocycles. The third-order valence-corrected chi connectivity index (χ3v) is 2.93. The second-order valence-electron chi connectivity index (χ2n) is 4.42. The number of ether oxygens (including phenoxy) is 1. The van der Waals surface area contributed by atoms with Crippen molar-refractivity contribution in [3.8, 4) is 0 Å². The molecule has 8 heteroatoms. The Hall–Kier alpha value is -2.77. The number of rotatable bonds is 2. The van der Waals surface area contributed by atoms with E-state index in [0.717, 1.165) is 17.7 Å². The lowest BCUT2D eigenvalue weighted by Gasteiger charge is -2.16. The van der Waals surface area contributed by atoms with E-state index in [0.29, 0.717) is 18.8 Å². The van der Waals surface area contributed by atoms with Crippen LogP contribution in [0.15, 0.2) is 28.2 Å². The fraction of sp³-hybridized carbons (Fsp3) is 0.308. The first-order valence-electron chi connectivity index (χ1n) is 6.52. The number of aliphatic imine (C=N–C) groups is 2. The van der Waals surface area contributed by atoms with E-state index in [1.54, 1.807) is 24.0 Å². The maximum Gasteiger partial charge on any atom is 0.414 e. The Kier molecular flexibility index (Phi) is 4.27. The molecule has 0 spiro atoms. The van der Waals surface area contributed by atoms with Gasteiger partial charge in [0, 0.05) is 6.54 Å². The highest BCUT2D eigenvalue weighted by Crippen LogP contribution is 2.31. The molecule has 0 atom stereocenters. The molecule has 1 aromatic carbocycles. The molecular formula is C13H18N6O2. The molecule has 8 nitrogen and oxygen atoms in total. The van der Waals surface area contributed by atoms with Gasteiger partial charge in [0.2, 0.25) is 5.96 Å². The second-order valence-corrected chi connectivity index (χ2v) is 4.42. The fourth-order valence-corrected chi connectivity index (χ4v) is 2.14. The summed E-state index contributed by atoms with van der Waals surface area (Å²) in [5.41, 5.74) is 18.5. The molecule has 0 bridgehead atoms. The fourth-order valence-electron chi connectivity index (χ4n) is 2.14. The number of hydrogen-bond donors (Lipinski definition) is 3. The first kappa shape index (κ1) is 14.6. The van der Waals surface area contributed by atoms with Crippen LogP contribution in [-0.4, -0.2) is 31.2 Å². The van der Waals surface area contributed by atoms with Crippen molar-refractivity contribution in [2.24, 2.45) is 27.2 Å². The molecule has 2 rings (SSSR count). The number of benzene rings is 1. The summed E-state index contributed by atoms with van der Waals surface area (Å²) in [6.45, 7) is 2.71. The van der Waals surface area contributed by atoms with Crippen LogP contribution in [0.2, 0.25) is 0 Å². The van der Waals surface area contributed by atoms with Crippen LogP contribution in [-0.2, 0) is 11.2 Å². The molecule has 6 N–H and O–H groups in total. The van der Waals surface area contributed by atoms with E-state index in [2.05, 4.69) is 9.98 Å². The van der Waals surface area contributed by atoms with Crippen molar-refractivity contribution in [3.05, 3.63) is 23.8 Å². The normalized spacial score (nSPS) is 13.8. The Morgan fingerprint density at radius 2 is 2.14 bits per heavy atom. The Morgan fingerprint density at radius 3 is 2.81 bits per heavy atom. The lowest BCUT2D eigenvalue weighted by molar-refractivity contribution is 0.160. The van der Waals surface area contributed by atoms with Crippen LogP contribution in [0, 0.1) is 0 Å². The first-order chi connectivity index (χ1) is 10.0. The highest BCUT2D eigenvalue weighted by molar-refractivity contribution is 5.94. The van der Waals surface area contributed by atoms with E-state index < -0.39 is 0 Å². The monoisotopic (exact) mass is 290 g/mol. The predicted octanol–water partition coefficient (Wildman–Crippen LogP) is 0.425. The van der Waals surface area contributed by atoms with Crippen molar-refractivity contribution in [2.45, 2.75) is 13.3 Å². The Morgan fingerprint density at radius 1 is 1.38 bits per heavy atom. The minimum absolute atomic E-state index is 0.0183. The minimum atomic E-state index is -0.340. The number of nitrogens with zero attached hydrogens (tertiary/aromatic N) is 3. The summed E-state index contributed by atoms with van der Waals surface area (Å²) in [6.07, 6.45) is 0.396. The molecule has 0 fully saturated rings. The molecule has 1 aliphatic heterocycles.